The fourth-order valence-electron chi connectivity index (χ4n) is 2.93. The van der Waals surface area contributed by atoms with Crippen molar-refractivity contribution < 1.29 is 0 Å². The molecule has 21 heavy (non-hydrogen) atoms. The number of piperidine rings is 1. The first-order valence-electron chi connectivity index (χ1n) is 7.95. The number of nitrogens with zero attached hydrogens (tertiary/aromatic N) is 1. The third kappa shape index (κ3) is 3.94. The molecule has 112 valence electrons. The molecule has 3 heteroatoms. The minimum Gasteiger partial charge on any atom is -0.309 e. The number of hydrogen-bond acceptors (Lipinski definition) is 3. The molecule has 2 heterocycles. The van der Waals surface area contributed by atoms with Gasteiger partial charge in [0.25, 0.3) is 0 Å². The Morgan fingerprint density at radius 2 is 1.86 bits per heavy atom. The van der Waals surface area contributed by atoms with Gasteiger partial charge < -0.3 is 10.2 Å². The van der Waals surface area contributed by atoms with Crippen LogP contribution in [0, 0.1) is 0 Å². The van der Waals surface area contributed by atoms with Crippen molar-refractivity contribution in [3.8, 4) is 10.4 Å². The molecule has 0 unspecified atom stereocenters. The fourth-order valence-corrected chi connectivity index (χ4v) is 3.89. The second kappa shape index (κ2) is 7.21. The molecule has 0 saturated carbocycles. The molecular formula is C18H24N2S. The van der Waals surface area contributed by atoms with E-state index >= 15 is 0 Å². The highest BCUT2D eigenvalue weighted by molar-refractivity contribution is 7.15. The lowest BCUT2D eigenvalue weighted by Gasteiger charge is -2.31. The Labute approximate surface area is 131 Å². The van der Waals surface area contributed by atoms with Crippen molar-refractivity contribution in [2.24, 2.45) is 0 Å². The van der Waals surface area contributed by atoms with Crippen molar-refractivity contribution in [3.63, 3.8) is 0 Å². The number of hydrogen-bond donors (Lipinski definition) is 1. The van der Waals surface area contributed by atoms with Gasteiger partial charge >= 0.3 is 0 Å². The van der Waals surface area contributed by atoms with Crippen molar-refractivity contribution in [3.05, 3.63) is 47.3 Å². The molecule has 1 aliphatic rings. The van der Waals surface area contributed by atoms with Gasteiger partial charge in [0.15, 0.2) is 0 Å². The maximum absolute atomic E-state index is 3.73. The zero-order chi connectivity index (χ0) is 14.5. The number of likely N-dealkylation sites (tertiary alicyclic amines) is 1. The maximum Gasteiger partial charge on any atom is 0.0346 e. The SMILES string of the molecule is CCN1CCC(NCc2ccc(-c3ccccc3)s2)CC1. The number of nitrogens with one attached hydrogen (secondary N) is 1. The molecule has 3 rings (SSSR count). The van der Waals surface area contributed by atoms with Crippen LogP contribution < -0.4 is 5.32 Å². The van der Waals surface area contributed by atoms with Gasteiger partial charge in [0.2, 0.25) is 0 Å². The van der Waals surface area contributed by atoms with Crippen LogP contribution in [-0.4, -0.2) is 30.6 Å². The molecule has 0 aliphatic carbocycles. The average Bonchev–Trinajstić information content (AvgIpc) is 3.03. The second-order valence-corrected chi connectivity index (χ2v) is 6.89. The van der Waals surface area contributed by atoms with Gasteiger partial charge in [-0.3, -0.25) is 0 Å². The van der Waals surface area contributed by atoms with E-state index in [-0.39, 0.29) is 0 Å². The molecule has 2 nitrogen and oxygen atoms in total. The Bertz CT molecular complexity index is 541. The Morgan fingerprint density at radius 3 is 2.57 bits per heavy atom. The van der Waals surface area contributed by atoms with E-state index in [0.29, 0.717) is 6.04 Å². The quantitative estimate of drug-likeness (QED) is 0.898. The van der Waals surface area contributed by atoms with E-state index in [4.69, 9.17) is 0 Å². The van der Waals surface area contributed by atoms with Gasteiger partial charge in [-0.1, -0.05) is 37.3 Å². The Hall–Kier alpha value is -1.16. The van der Waals surface area contributed by atoms with Crippen LogP contribution >= 0.6 is 11.3 Å². The van der Waals surface area contributed by atoms with Gasteiger partial charge in [-0.15, -0.1) is 11.3 Å². The van der Waals surface area contributed by atoms with Gasteiger partial charge in [0.1, 0.15) is 0 Å². The molecule has 0 radical (unpaired) electrons. The summed E-state index contributed by atoms with van der Waals surface area (Å²) in [6, 6.07) is 15.9. The van der Waals surface area contributed by atoms with Crippen LogP contribution in [0.1, 0.15) is 24.6 Å². The molecule has 2 aromatic rings. The molecule has 0 spiro atoms. The topological polar surface area (TPSA) is 15.3 Å². The molecule has 0 bridgehead atoms. The first-order valence-corrected chi connectivity index (χ1v) is 8.76. The van der Waals surface area contributed by atoms with Crippen LogP contribution in [0.15, 0.2) is 42.5 Å². The molecule has 0 atom stereocenters. The lowest BCUT2D eigenvalue weighted by Crippen LogP contribution is -2.41. The Morgan fingerprint density at radius 1 is 1.10 bits per heavy atom. The molecule has 1 aliphatic heterocycles. The summed E-state index contributed by atoms with van der Waals surface area (Å²) >= 11 is 1.91. The highest BCUT2D eigenvalue weighted by atomic mass is 32.1. The van der Waals surface area contributed by atoms with E-state index in [0.717, 1.165) is 6.54 Å². The summed E-state index contributed by atoms with van der Waals surface area (Å²) in [6.45, 7) is 6.94. The second-order valence-electron chi connectivity index (χ2n) is 5.72. The standard InChI is InChI=1S/C18H24N2S/c1-2-20-12-10-16(11-13-20)19-14-17-8-9-18(21-17)15-6-4-3-5-7-15/h3-9,16,19H,2,10-14H2,1H3. The summed E-state index contributed by atoms with van der Waals surface area (Å²) in [5.74, 6) is 0. The molecule has 1 fully saturated rings. The average molecular weight is 300 g/mol. The van der Waals surface area contributed by atoms with Gasteiger partial charge in [-0.05, 0) is 50.2 Å². The maximum atomic E-state index is 3.73. The van der Waals surface area contributed by atoms with Crippen molar-refractivity contribution in [2.75, 3.05) is 19.6 Å². The largest absolute Gasteiger partial charge is 0.309 e. The van der Waals surface area contributed by atoms with Crippen LogP contribution in [0.5, 0.6) is 0 Å². The van der Waals surface area contributed by atoms with E-state index in [1.54, 1.807) is 0 Å². The Kier molecular flexibility index (Phi) is 5.07. The predicted molar refractivity (Wildman–Crippen MR) is 91.7 cm³/mol. The van der Waals surface area contributed by atoms with Crippen LogP contribution in [0.3, 0.4) is 0 Å². The van der Waals surface area contributed by atoms with Crippen molar-refractivity contribution in [2.45, 2.75) is 32.4 Å². The van der Waals surface area contributed by atoms with E-state index in [2.05, 4.69) is 59.6 Å². The zero-order valence-electron chi connectivity index (χ0n) is 12.7. The van der Waals surface area contributed by atoms with Crippen LogP contribution in [-0.2, 0) is 6.54 Å². The summed E-state index contributed by atoms with van der Waals surface area (Å²) < 4.78 is 0. The van der Waals surface area contributed by atoms with Crippen LogP contribution in [0.4, 0.5) is 0 Å². The van der Waals surface area contributed by atoms with Gasteiger partial charge in [0.05, 0.1) is 0 Å². The van der Waals surface area contributed by atoms with E-state index in [9.17, 15) is 0 Å². The van der Waals surface area contributed by atoms with Crippen molar-refractivity contribution in [1.29, 1.82) is 0 Å². The molecule has 1 aromatic carbocycles. The molecule has 1 N–H and O–H groups in total. The third-order valence-electron chi connectivity index (χ3n) is 4.32. The number of benzene rings is 1. The smallest absolute Gasteiger partial charge is 0.0346 e. The highest BCUT2D eigenvalue weighted by Gasteiger charge is 2.17. The molecular weight excluding hydrogens is 276 g/mol. The van der Waals surface area contributed by atoms with Crippen LogP contribution in [0.25, 0.3) is 10.4 Å². The monoisotopic (exact) mass is 300 g/mol. The van der Waals surface area contributed by atoms with Crippen molar-refractivity contribution >= 4 is 11.3 Å². The zero-order valence-corrected chi connectivity index (χ0v) is 13.5. The highest BCUT2D eigenvalue weighted by Crippen LogP contribution is 2.27. The predicted octanol–water partition coefficient (Wildman–Crippen LogP) is 3.99. The minimum atomic E-state index is 0.690. The summed E-state index contributed by atoms with van der Waals surface area (Å²) in [7, 11) is 0. The van der Waals surface area contributed by atoms with E-state index < -0.39 is 0 Å². The summed E-state index contributed by atoms with van der Waals surface area (Å²) in [4.78, 5) is 5.34. The molecule has 0 amide bonds. The van der Waals surface area contributed by atoms with Crippen molar-refractivity contribution in [1.82, 2.24) is 10.2 Å². The lowest BCUT2D eigenvalue weighted by molar-refractivity contribution is 0.206. The summed E-state index contributed by atoms with van der Waals surface area (Å²) in [5, 5.41) is 3.73. The van der Waals surface area contributed by atoms with Gasteiger partial charge in [-0.2, -0.15) is 0 Å². The fraction of sp³-hybridized carbons (Fsp3) is 0.444. The first kappa shape index (κ1) is 14.8. The number of rotatable bonds is 5. The third-order valence-corrected chi connectivity index (χ3v) is 5.45. The number of thiophene rings is 1. The summed E-state index contributed by atoms with van der Waals surface area (Å²) in [5.41, 5.74) is 1.32. The lowest BCUT2D eigenvalue weighted by atomic mass is 10.1. The van der Waals surface area contributed by atoms with E-state index in [1.807, 2.05) is 11.3 Å². The normalized spacial score (nSPS) is 17.2. The molecule has 1 aromatic heterocycles. The van der Waals surface area contributed by atoms with Gasteiger partial charge in [0, 0.05) is 22.3 Å². The van der Waals surface area contributed by atoms with Gasteiger partial charge in [-0.25, -0.2) is 0 Å². The first-order chi connectivity index (χ1) is 10.3. The molecule has 1 saturated heterocycles. The van der Waals surface area contributed by atoms with Crippen LogP contribution in [0.2, 0.25) is 0 Å². The Balaban J connectivity index is 1.52. The van der Waals surface area contributed by atoms with E-state index in [1.165, 1.54) is 47.8 Å². The summed E-state index contributed by atoms with van der Waals surface area (Å²) in [6.07, 6.45) is 2.56. The minimum absolute atomic E-state index is 0.690.